The second-order valence-electron chi connectivity index (χ2n) is 7.62. The molecule has 29 heavy (non-hydrogen) atoms. The standard InChI is InChI=1S/C24H29NO4/c1-3-4-5-6-15-22(23(26)27)25(2)24(28)29-16-21-19-13-9-7-11-17(19)18-12-8-10-14-20(18)21/h7-14,21-22H,3-6,15-16H2,1-2H3,(H,26,27)/t22-/m1/s1. The molecule has 1 aliphatic rings. The lowest BCUT2D eigenvalue weighted by Crippen LogP contribution is -2.43. The predicted molar refractivity (Wildman–Crippen MR) is 113 cm³/mol. The average molecular weight is 395 g/mol. The van der Waals surface area contributed by atoms with Crippen LogP contribution in [-0.4, -0.2) is 41.8 Å². The Morgan fingerprint density at radius 2 is 1.59 bits per heavy atom. The van der Waals surface area contributed by atoms with E-state index in [1.165, 1.54) is 11.9 Å². The van der Waals surface area contributed by atoms with E-state index in [4.69, 9.17) is 4.74 Å². The molecule has 154 valence electrons. The van der Waals surface area contributed by atoms with Crippen LogP contribution >= 0.6 is 0 Å². The molecular formula is C24H29NO4. The molecule has 0 radical (unpaired) electrons. The van der Waals surface area contributed by atoms with Crippen LogP contribution in [0.2, 0.25) is 0 Å². The van der Waals surface area contributed by atoms with Gasteiger partial charge in [0.25, 0.3) is 0 Å². The number of hydrogen-bond donors (Lipinski definition) is 1. The molecule has 0 bridgehead atoms. The average Bonchev–Trinajstić information content (AvgIpc) is 3.05. The van der Waals surface area contributed by atoms with E-state index >= 15 is 0 Å². The van der Waals surface area contributed by atoms with Crippen molar-refractivity contribution in [3.63, 3.8) is 0 Å². The van der Waals surface area contributed by atoms with Gasteiger partial charge in [0.05, 0.1) is 0 Å². The van der Waals surface area contributed by atoms with Gasteiger partial charge in [-0.05, 0) is 28.7 Å². The Labute approximate surface area is 172 Å². The number of benzene rings is 2. The number of rotatable bonds is 9. The molecule has 0 spiro atoms. The largest absolute Gasteiger partial charge is 0.480 e. The Hall–Kier alpha value is -2.82. The number of hydrogen-bond acceptors (Lipinski definition) is 3. The highest BCUT2D eigenvalue weighted by atomic mass is 16.6. The topological polar surface area (TPSA) is 66.8 Å². The van der Waals surface area contributed by atoms with Crippen molar-refractivity contribution in [2.45, 2.75) is 51.0 Å². The summed E-state index contributed by atoms with van der Waals surface area (Å²) in [6.07, 6.45) is 3.76. The third-order valence-corrected chi connectivity index (χ3v) is 5.71. The number of ether oxygens (including phenoxy) is 1. The first-order valence-electron chi connectivity index (χ1n) is 10.3. The van der Waals surface area contributed by atoms with E-state index in [0.717, 1.165) is 47.9 Å². The highest BCUT2D eigenvalue weighted by Gasteiger charge is 2.31. The summed E-state index contributed by atoms with van der Waals surface area (Å²) in [5, 5.41) is 9.54. The van der Waals surface area contributed by atoms with Crippen molar-refractivity contribution < 1.29 is 19.4 Å². The van der Waals surface area contributed by atoms with Gasteiger partial charge in [0.1, 0.15) is 12.6 Å². The summed E-state index contributed by atoms with van der Waals surface area (Å²) in [6.45, 7) is 2.30. The molecule has 1 aliphatic carbocycles. The van der Waals surface area contributed by atoms with E-state index in [1.807, 2.05) is 24.3 Å². The second kappa shape index (κ2) is 9.59. The number of carboxylic acids is 1. The minimum atomic E-state index is -0.988. The van der Waals surface area contributed by atoms with Crippen molar-refractivity contribution in [3.05, 3.63) is 59.7 Å². The van der Waals surface area contributed by atoms with Crippen molar-refractivity contribution in [1.82, 2.24) is 4.90 Å². The van der Waals surface area contributed by atoms with Crippen LogP contribution in [0.3, 0.4) is 0 Å². The van der Waals surface area contributed by atoms with Crippen LogP contribution in [0.1, 0.15) is 56.1 Å². The third kappa shape index (κ3) is 4.61. The Bertz CT molecular complexity index is 818. The van der Waals surface area contributed by atoms with Gasteiger partial charge in [-0.2, -0.15) is 0 Å². The maximum absolute atomic E-state index is 12.6. The number of fused-ring (bicyclic) bond motifs is 3. The van der Waals surface area contributed by atoms with Crippen LogP contribution in [0, 0.1) is 0 Å². The maximum Gasteiger partial charge on any atom is 0.410 e. The first kappa shape index (κ1) is 20.9. The molecule has 0 fully saturated rings. The van der Waals surface area contributed by atoms with Crippen molar-refractivity contribution >= 4 is 12.1 Å². The van der Waals surface area contributed by atoms with Gasteiger partial charge in [-0.3, -0.25) is 4.90 Å². The highest BCUT2D eigenvalue weighted by Crippen LogP contribution is 2.44. The molecule has 0 saturated carbocycles. The van der Waals surface area contributed by atoms with Crippen LogP contribution in [0.4, 0.5) is 4.79 Å². The maximum atomic E-state index is 12.6. The van der Waals surface area contributed by atoms with Gasteiger partial charge < -0.3 is 9.84 Å². The Morgan fingerprint density at radius 3 is 2.14 bits per heavy atom. The molecule has 5 nitrogen and oxygen atoms in total. The van der Waals surface area contributed by atoms with Gasteiger partial charge >= 0.3 is 12.1 Å². The van der Waals surface area contributed by atoms with Gasteiger partial charge in [0.15, 0.2) is 0 Å². The summed E-state index contributed by atoms with van der Waals surface area (Å²) in [4.78, 5) is 25.5. The molecule has 0 aliphatic heterocycles. The molecule has 0 heterocycles. The third-order valence-electron chi connectivity index (χ3n) is 5.71. The summed E-state index contributed by atoms with van der Waals surface area (Å²) in [5.74, 6) is -1.02. The smallest absolute Gasteiger partial charge is 0.410 e. The molecule has 3 rings (SSSR count). The molecule has 0 aromatic heterocycles. The Balaban J connectivity index is 1.66. The van der Waals surface area contributed by atoms with Gasteiger partial charge in [-0.15, -0.1) is 0 Å². The number of nitrogens with zero attached hydrogens (tertiary/aromatic N) is 1. The molecule has 1 N–H and O–H groups in total. The SMILES string of the molecule is CCCCCC[C@H](C(=O)O)N(C)C(=O)OCC1c2ccccc2-c2ccccc21. The second-order valence-corrected chi connectivity index (χ2v) is 7.62. The number of carbonyl (C=O) groups excluding carboxylic acids is 1. The molecule has 5 heteroatoms. The van der Waals surface area contributed by atoms with E-state index in [0.29, 0.717) is 6.42 Å². The zero-order chi connectivity index (χ0) is 20.8. The fraction of sp³-hybridized carbons (Fsp3) is 0.417. The predicted octanol–water partition coefficient (Wildman–Crippen LogP) is 5.29. The molecule has 1 atom stereocenters. The molecule has 2 aromatic rings. The van der Waals surface area contributed by atoms with E-state index < -0.39 is 18.1 Å². The van der Waals surface area contributed by atoms with E-state index in [2.05, 4.69) is 31.2 Å². The zero-order valence-electron chi connectivity index (χ0n) is 17.1. The van der Waals surface area contributed by atoms with E-state index in [9.17, 15) is 14.7 Å². The first-order chi connectivity index (χ1) is 14.0. The van der Waals surface area contributed by atoms with Crippen molar-refractivity contribution in [2.24, 2.45) is 0 Å². The Morgan fingerprint density at radius 1 is 1.00 bits per heavy atom. The van der Waals surface area contributed by atoms with E-state index in [1.54, 1.807) is 0 Å². The van der Waals surface area contributed by atoms with Crippen LogP contribution in [0.15, 0.2) is 48.5 Å². The normalized spacial score (nSPS) is 13.4. The number of carboxylic acid groups (broad SMARTS) is 1. The van der Waals surface area contributed by atoms with Crippen molar-refractivity contribution in [3.8, 4) is 11.1 Å². The summed E-state index contributed by atoms with van der Waals surface area (Å²) in [5.41, 5.74) is 4.60. The quantitative estimate of drug-likeness (QED) is 0.586. The summed E-state index contributed by atoms with van der Waals surface area (Å²) < 4.78 is 5.58. The summed E-state index contributed by atoms with van der Waals surface area (Å²) in [6, 6.07) is 15.4. The fourth-order valence-corrected chi connectivity index (χ4v) is 4.07. The van der Waals surface area contributed by atoms with Crippen molar-refractivity contribution in [1.29, 1.82) is 0 Å². The van der Waals surface area contributed by atoms with Gasteiger partial charge in [0.2, 0.25) is 0 Å². The van der Waals surface area contributed by atoms with Crippen LogP contribution in [0.5, 0.6) is 0 Å². The number of carbonyl (C=O) groups is 2. The monoisotopic (exact) mass is 395 g/mol. The fourth-order valence-electron chi connectivity index (χ4n) is 4.07. The minimum Gasteiger partial charge on any atom is -0.480 e. The Kier molecular flexibility index (Phi) is 6.91. The number of likely N-dealkylation sites (N-methyl/N-ethyl adjacent to an activating group) is 1. The lowest BCUT2D eigenvalue weighted by Gasteiger charge is -2.25. The minimum absolute atomic E-state index is 0.0346. The number of amides is 1. The first-order valence-corrected chi connectivity index (χ1v) is 10.3. The number of aliphatic carboxylic acids is 1. The van der Waals surface area contributed by atoms with Crippen LogP contribution in [-0.2, 0) is 9.53 Å². The summed E-state index contributed by atoms with van der Waals surface area (Å²) in [7, 11) is 1.51. The lowest BCUT2D eigenvalue weighted by molar-refractivity contribution is -0.142. The van der Waals surface area contributed by atoms with E-state index in [-0.39, 0.29) is 12.5 Å². The number of unbranched alkanes of at least 4 members (excludes halogenated alkanes) is 3. The van der Waals surface area contributed by atoms with Gasteiger partial charge in [-0.25, -0.2) is 9.59 Å². The highest BCUT2D eigenvalue weighted by molar-refractivity contribution is 5.81. The summed E-state index contributed by atoms with van der Waals surface area (Å²) >= 11 is 0. The molecular weight excluding hydrogens is 366 g/mol. The molecule has 1 amide bonds. The van der Waals surface area contributed by atoms with Crippen LogP contribution < -0.4 is 0 Å². The zero-order valence-corrected chi connectivity index (χ0v) is 17.1. The van der Waals surface area contributed by atoms with Gasteiger partial charge in [0, 0.05) is 13.0 Å². The molecule has 2 aromatic carbocycles. The molecule has 0 unspecified atom stereocenters. The van der Waals surface area contributed by atoms with Crippen molar-refractivity contribution in [2.75, 3.05) is 13.7 Å². The lowest BCUT2D eigenvalue weighted by atomic mass is 9.98. The van der Waals surface area contributed by atoms with Crippen LogP contribution in [0.25, 0.3) is 11.1 Å². The molecule has 0 saturated heterocycles. The van der Waals surface area contributed by atoms with Gasteiger partial charge in [-0.1, -0.05) is 81.1 Å².